The number of carbonyl (C=O) groups is 1. The molecular formula is C29H31BrN4O2. The van der Waals surface area contributed by atoms with Gasteiger partial charge in [-0.2, -0.15) is 0 Å². The van der Waals surface area contributed by atoms with Gasteiger partial charge in [-0.25, -0.2) is 0 Å². The lowest BCUT2D eigenvalue weighted by Crippen LogP contribution is -2.36. The maximum absolute atomic E-state index is 12.8. The van der Waals surface area contributed by atoms with Gasteiger partial charge in [0.05, 0.1) is 23.5 Å². The van der Waals surface area contributed by atoms with E-state index in [9.17, 15) is 4.79 Å². The van der Waals surface area contributed by atoms with Crippen molar-refractivity contribution in [3.05, 3.63) is 88.2 Å². The minimum Gasteiger partial charge on any atom is -0.488 e. The molecule has 0 saturated carbocycles. The molecule has 1 saturated heterocycles. The predicted molar refractivity (Wildman–Crippen MR) is 146 cm³/mol. The van der Waals surface area contributed by atoms with Gasteiger partial charge in [-0.05, 0) is 74.3 Å². The van der Waals surface area contributed by atoms with Gasteiger partial charge in [-0.15, -0.1) is 0 Å². The van der Waals surface area contributed by atoms with Crippen LogP contribution in [0, 0.1) is 5.92 Å². The quantitative estimate of drug-likeness (QED) is 0.379. The summed E-state index contributed by atoms with van der Waals surface area (Å²) in [6, 6.07) is 20.1. The zero-order chi connectivity index (χ0) is 24.7. The molecule has 36 heavy (non-hydrogen) atoms. The van der Waals surface area contributed by atoms with E-state index in [-0.39, 0.29) is 18.8 Å². The summed E-state index contributed by atoms with van der Waals surface area (Å²) in [5.74, 6) is 1.47. The van der Waals surface area contributed by atoms with Crippen molar-refractivity contribution < 1.29 is 9.53 Å². The second-order valence-corrected chi connectivity index (χ2v) is 10.4. The second-order valence-electron chi connectivity index (χ2n) is 9.51. The molecule has 2 aliphatic heterocycles. The number of halogens is 1. The van der Waals surface area contributed by atoms with Crippen molar-refractivity contribution in [2.45, 2.75) is 32.4 Å². The number of Topliss-reactive ketones (excluding diaryl/α,β-unsaturated/α-hetero) is 1. The Morgan fingerprint density at radius 3 is 2.58 bits per heavy atom. The Balaban J connectivity index is 1.14. The van der Waals surface area contributed by atoms with Crippen molar-refractivity contribution in [1.29, 1.82) is 0 Å². The van der Waals surface area contributed by atoms with E-state index in [0.717, 1.165) is 47.8 Å². The van der Waals surface area contributed by atoms with Gasteiger partial charge < -0.3 is 10.1 Å². The van der Waals surface area contributed by atoms with Crippen LogP contribution in [0.5, 0.6) is 5.75 Å². The highest BCUT2D eigenvalue weighted by Gasteiger charge is 2.24. The van der Waals surface area contributed by atoms with E-state index in [4.69, 9.17) is 9.73 Å². The standard InChI is InChI=1S/C29H31BrN4O2/c30-23-6-8-25(9-7-23)36-20-24-16-28(35)26-10-13-32-27(29(26)33-24)18-31-17-21-11-14-34(15-12-21)19-22-4-2-1-3-5-22/h1-10,13,21,31H,11-12,14-20H2. The Labute approximate surface area is 220 Å². The van der Waals surface area contributed by atoms with Crippen LogP contribution in [0.2, 0.25) is 0 Å². The third-order valence-corrected chi connectivity index (χ3v) is 7.36. The monoisotopic (exact) mass is 546 g/mol. The SMILES string of the molecule is O=C1CC(COc2ccc(Br)cc2)=Nc2c1ccnc2CNCC1CCN(Cc2ccccc2)CC1. The van der Waals surface area contributed by atoms with Crippen molar-refractivity contribution in [2.24, 2.45) is 10.9 Å². The van der Waals surface area contributed by atoms with Gasteiger partial charge in [0.15, 0.2) is 5.78 Å². The molecule has 0 radical (unpaired) electrons. The first-order valence-corrected chi connectivity index (χ1v) is 13.4. The molecule has 0 amide bonds. The van der Waals surface area contributed by atoms with E-state index in [1.807, 2.05) is 24.3 Å². The van der Waals surface area contributed by atoms with Crippen molar-refractivity contribution in [1.82, 2.24) is 15.2 Å². The zero-order valence-corrected chi connectivity index (χ0v) is 21.9. The summed E-state index contributed by atoms with van der Waals surface area (Å²) in [5.41, 5.74) is 4.28. The molecule has 1 N–H and O–H groups in total. The van der Waals surface area contributed by atoms with Crippen LogP contribution < -0.4 is 10.1 Å². The van der Waals surface area contributed by atoms with E-state index in [2.05, 4.69) is 61.5 Å². The largest absolute Gasteiger partial charge is 0.488 e. The minimum atomic E-state index is 0.0730. The summed E-state index contributed by atoms with van der Waals surface area (Å²) in [4.78, 5) is 24.7. The van der Waals surface area contributed by atoms with Gasteiger partial charge in [0.1, 0.15) is 12.4 Å². The first-order chi connectivity index (χ1) is 17.6. The topological polar surface area (TPSA) is 66.8 Å². The summed E-state index contributed by atoms with van der Waals surface area (Å²) in [7, 11) is 0. The van der Waals surface area contributed by atoms with Crippen LogP contribution in [0.3, 0.4) is 0 Å². The normalized spacial score (nSPS) is 16.5. The van der Waals surface area contributed by atoms with Crippen molar-refractivity contribution in [3.63, 3.8) is 0 Å². The molecule has 3 heterocycles. The average Bonchev–Trinajstić information content (AvgIpc) is 2.90. The molecular weight excluding hydrogens is 516 g/mol. The van der Waals surface area contributed by atoms with E-state index in [0.29, 0.717) is 23.7 Å². The van der Waals surface area contributed by atoms with Crippen LogP contribution >= 0.6 is 15.9 Å². The van der Waals surface area contributed by atoms with Crippen molar-refractivity contribution in [3.8, 4) is 5.75 Å². The van der Waals surface area contributed by atoms with Crippen molar-refractivity contribution in [2.75, 3.05) is 26.2 Å². The number of nitrogens with one attached hydrogen (secondary N) is 1. The van der Waals surface area contributed by atoms with Gasteiger partial charge in [-0.1, -0.05) is 46.3 Å². The number of pyridine rings is 1. The van der Waals surface area contributed by atoms with Gasteiger partial charge in [0.2, 0.25) is 0 Å². The lowest BCUT2D eigenvalue weighted by molar-refractivity contribution is 0.0998. The minimum absolute atomic E-state index is 0.0730. The Bertz CT molecular complexity index is 1210. The number of benzene rings is 2. The Hall–Kier alpha value is -2.87. The van der Waals surface area contributed by atoms with Gasteiger partial charge in [0.25, 0.3) is 0 Å². The molecule has 7 heteroatoms. The maximum Gasteiger partial charge on any atom is 0.170 e. The maximum atomic E-state index is 12.8. The van der Waals surface area contributed by atoms with Gasteiger partial charge in [-0.3, -0.25) is 19.7 Å². The number of nitrogens with zero attached hydrogens (tertiary/aromatic N) is 3. The number of carbonyl (C=O) groups excluding carboxylic acids is 1. The van der Waals surface area contributed by atoms with Crippen LogP contribution in [-0.2, 0) is 13.1 Å². The molecule has 2 aromatic carbocycles. The number of fused-ring (bicyclic) bond motifs is 1. The Kier molecular flexibility index (Phi) is 8.21. The molecule has 3 aromatic rings. The molecule has 0 atom stereocenters. The summed E-state index contributed by atoms with van der Waals surface area (Å²) >= 11 is 3.43. The van der Waals surface area contributed by atoms with Crippen LogP contribution in [0.4, 0.5) is 5.69 Å². The first-order valence-electron chi connectivity index (χ1n) is 12.6. The highest BCUT2D eigenvalue weighted by molar-refractivity contribution is 9.10. The second kappa shape index (κ2) is 11.9. The molecule has 1 aromatic heterocycles. The highest BCUT2D eigenvalue weighted by Crippen LogP contribution is 2.29. The zero-order valence-electron chi connectivity index (χ0n) is 20.3. The van der Waals surface area contributed by atoms with E-state index in [1.54, 1.807) is 12.3 Å². The first kappa shape index (κ1) is 24.8. The Morgan fingerprint density at radius 1 is 1.03 bits per heavy atom. The smallest absolute Gasteiger partial charge is 0.170 e. The van der Waals surface area contributed by atoms with Crippen LogP contribution in [-0.4, -0.2) is 47.6 Å². The predicted octanol–water partition coefficient (Wildman–Crippen LogP) is 5.58. The molecule has 6 nitrogen and oxygen atoms in total. The summed E-state index contributed by atoms with van der Waals surface area (Å²) in [6.07, 6.45) is 4.37. The number of aliphatic imine (C=N–C) groups is 1. The molecule has 0 spiro atoms. The van der Waals surface area contributed by atoms with E-state index < -0.39 is 0 Å². The fourth-order valence-corrected chi connectivity index (χ4v) is 5.08. The number of hydrogen-bond acceptors (Lipinski definition) is 6. The number of likely N-dealkylation sites (tertiary alicyclic amines) is 1. The van der Waals surface area contributed by atoms with E-state index in [1.165, 1.54) is 18.4 Å². The van der Waals surface area contributed by atoms with Crippen LogP contribution in [0.25, 0.3) is 0 Å². The lowest BCUT2D eigenvalue weighted by Gasteiger charge is -2.32. The highest BCUT2D eigenvalue weighted by atomic mass is 79.9. The lowest BCUT2D eigenvalue weighted by atomic mass is 9.96. The number of piperidine rings is 1. The van der Waals surface area contributed by atoms with Gasteiger partial charge >= 0.3 is 0 Å². The number of hydrogen-bond donors (Lipinski definition) is 1. The molecule has 5 rings (SSSR count). The average molecular weight is 547 g/mol. The fourth-order valence-electron chi connectivity index (χ4n) is 4.82. The van der Waals surface area contributed by atoms with E-state index >= 15 is 0 Å². The van der Waals surface area contributed by atoms with Crippen LogP contribution in [0.1, 0.15) is 40.9 Å². The molecule has 0 aliphatic carbocycles. The summed E-state index contributed by atoms with van der Waals surface area (Å²) in [6.45, 7) is 5.12. The van der Waals surface area contributed by atoms with Crippen molar-refractivity contribution >= 4 is 33.1 Å². The Morgan fingerprint density at radius 2 is 1.81 bits per heavy atom. The third kappa shape index (κ3) is 6.46. The number of ether oxygens (including phenoxy) is 1. The molecule has 0 bridgehead atoms. The molecule has 186 valence electrons. The van der Waals surface area contributed by atoms with Gasteiger partial charge in [0, 0.05) is 29.3 Å². The molecule has 2 aliphatic rings. The van der Waals surface area contributed by atoms with Crippen LogP contribution in [0.15, 0.2) is 76.3 Å². The fraction of sp³-hybridized carbons (Fsp3) is 0.345. The third-order valence-electron chi connectivity index (χ3n) is 6.84. The molecule has 0 unspecified atom stereocenters. The summed E-state index contributed by atoms with van der Waals surface area (Å²) in [5, 5.41) is 3.58. The number of ketones is 1. The molecule has 1 fully saturated rings. The number of rotatable bonds is 9. The number of aromatic nitrogens is 1. The summed E-state index contributed by atoms with van der Waals surface area (Å²) < 4.78 is 6.86.